The maximum Gasteiger partial charge on any atom is 0.0991 e. The van der Waals surface area contributed by atoms with E-state index in [2.05, 4.69) is 22.0 Å². The average Bonchev–Trinajstić information content (AvgIpc) is 2.39. The first kappa shape index (κ1) is 13.0. The van der Waals surface area contributed by atoms with Gasteiger partial charge in [-0.05, 0) is 42.0 Å². The molecule has 0 radical (unpaired) electrons. The Labute approximate surface area is 117 Å². The molecule has 2 aromatic rings. The topological polar surface area (TPSA) is 40.9 Å². The van der Waals surface area contributed by atoms with Crippen LogP contribution in [0.2, 0.25) is 0 Å². The van der Waals surface area contributed by atoms with Gasteiger partial charge >= 0.3 is 0 Å². The highest BCUT2D eigenvalue weighted by Crippen LogP contribution is 2.16. The van der Waals surface area contributed by atoms with Crippen LogP contribution < -0.4 is 0 Å². The Bertz CT molecular complexity index is 616. The molecule has 90 valence electrons. The van der Waals surface area contributed by atoms with Crippen LogP contribution in [-0.2, 0) is 16.6 Å². The lowest BCUT2D eigenvalue weighted by atomic mass is 10.2. The van der Waals surface area contributed by atoms with E-state index >= 15 is 0 Å². The standard InChI is InChI=1S/C14H10BrNOS/c15-13-4-6-14(7-5-13)18(17)10-12-3-1-2-11(8-12)9-16/h1-8H,10H2. The predicted molar refractivity (Wildman–Crippen MR) is 75.4 cm³/mol. The number of hydrogen-bond donors (Lipinski definition) is 0. The number of halogens is 1. The van der Waals surface area contributed by atoms with Crippen molar-refractivity contribution < 1.29 is 4.21 Å². The molecule has 18 heavy (non-hydrogen) atoms. The highest BCUT2D eigenvalue weighted by Gasteiger charge is 2.05. The Hall–Kier alpha value is -1.44. The molecule has 1 atom stereocenters. The lowest BCUT2D eigenvalue weighted by Gasteiger charge is -2.03. The lowest BCUT2D eigenvalue weighted by Crippen LogP contribution is -1.96. The van der Waals surface area contributed by atoms with Crippen LogP contribution in [-0.4, -0.2) is 4.21 Å². The summed E-state index contributed by atoms with van der Waals surface area (Å²) in [6, 6.07) is 16.7. The van der Waals surface area contributed by atoms with Gasteiger partial charge in [-0.15, -0.1) is 0 Å². The van der Waals surface area contributed by atoms with Crippen LogP contribution in [0.15, 0.2) is 57.9 Å². The van der Waals surface area contributed by atoms with Gasteiger partial charge in [-0.3, -0.25) is 4.21 Å². The first-order valence-corrected chi connectivity index (χ1v) is 7.43. The summed E-state index contributed by atoms with van der Waals surface area (Å²) in [6.45, 7) is 0. The molecule has 0 fully saturated rings. The smallest absolute Gasteiger partial charge is 0.0991 e. The van der Waals surface area contributed by atoms with E-state index in [0.29, 0.717) is 11.3 Å². The third-order valence-corrected chi connectivity index (χ3v) is 4.35. The van der Waals surface area contributed by atoms with E-state index in [-0.39, 0.29) is 0 Å². The van der Waals surface area contributed by atoms with E-state index in [0.717, 1.165) is 14.9 Å². The number of benzene rings is 2. The van der Waals surface area contributed by atoms with Gasteiger partial charge < -0.3 is 0 Å². The number of nitriles is 1. The van der Waals surface area contributed by atoms with Gasteiger partial charge in [0.2, 0.25) is 0 Å². The fourth-order valence-corrected chi connectivity index (χ4v) is 2.90. The van der Waals surface area contributed by atoms with Gasteiger partial charge in [0.05, 0.1) is 28.2 Å². The molecular formula is C14H10BrNOS. The van der Waals surface area contributed by atoms with E-state index in [1.54, 1.807) is 12.1 Å². The predicted octanol–water partition coefficient (Wildman–Crippen LogP) is 3.63. The van der Waals surface area contributed by atoms with Crippen molar-refractivity contribution >= 4 is 26.7 Å². The van der Waals surface area contributed by atoms with Gasteiger partial charge in [-0.1, -0.05) is 28.1 Å². The molecule has 0 spiro atoms. The van der Waals surface area contributed by atoms with Crippen LogP contribution in [0.5, 0.6) is 0 Å². The summed E-state index contributed by atoms with van der Waals surface area (Å²) in [5, 5.41) is 8.81. The van der Waals surface area contributed by atoms with Crippen molar-refractivity contribution in [2.24, 2.45) is 0 Å². The molecule has 1 unspecified atom stereocenters. The van der Waals surface area contributed by atoms with Gasteiger partial charge in [0.1, 0.15) is 0 Å². The van der Waals surface area contributed by atoms with Crippen molar-refractivity contribution in [3.05, 3.63) is 64.1 Å². The number of rotatable bonds is 3. The molecular weight excluding hydrogens is 310 g/mol. The van der Waals surface area contributed by atoms with Crippen LogP contribution >= 0.6 is 15.9 Å². The monoisotopic (exact) mass is 319 g/mol. The zero-order valence-electron chi connectivity index (χ0n) is 9.47. The van der Waals surface area contributed by atoms with Crippen molar-refractivity contribution in [3.8, 4) is 6.07 Å². The summed E-state index contributed by atoms with van der Waals surface area (Å²) in [5.41, 5.74) is 1.51. The summed E-state index contributed by atoms with van der Waals surface area (Å²) in [7, 11) is -1.08. The number of hydrogen-bond acceptors (Lipinski definition) is 2. The molecule has 2 rings (SSSR count). The molecule has 0 N–H and O–H groups in total. The molecule has 0 aliphatic carbocycles. The minimum Gasteiger partial charge on any atom is -0.254 e. The first-order chi connectivity index (χ1) is 8.69. The van der Waals surface area contributed by atoms with Crippen LogP contribution in [0, 0.1) is 11.3 Å². The van der Waals surface area contributed by atoms with Crippen molar-refractivity contribution in [1.82, 2.24) is 0 Å². The second-order valence-electron chi connectivity index (χ2n) is 3.76. The largest absolute Gasteiger partial charge is 0.254 e. The van der Waals surface area contributed by atoms with Crippen molar-refractivity contribution in [2.45, 2.75) is 10.6 Å². The Balaban J connectivity index is 2.16. The molecule has 0 aliphatic rings. The highest BCUT2D eigenvalue weighted by atomic mass is 79.9. The summed E-state index contributed by atoms with van der Waals surface area (Å²) < 4.78 is 13.1. The normalized spacial score (nSPS) is 11.8. The maximum absolute atomic E-state index is 12.1. The van der Waals surface area contributed by atoms with E-state index in [4.69, 9.17) is 5.26 Å². The SMILES string of the molecule is N#Cc1cccc(CS(=O)c2ccc(Br)cc2)c1. The minimum atomic E-state index is -1.08. The Kier molecular flexibility index (Phi) is 4.29. The third-order valence-electron chi connectivity index (χ3n) is 2.43. The molecule has 0 amide bonds. The second-order valence-corrected chi connectivity index (χ2v) is 6.12. The van der Waals surface area contributed by atoms with Crippen molar-refractivity contribution in [1.29, 1.82) is 5.26 Å². The summed E-state index contributed by atoms with van der Waals surface area (Å²) >= 11 is 3.35. The fourth-order valence-electron chi connectivity index (χ4n) is 1.55. The summed E-state index contributed by atoms with van der Waals surface area (Å²) in [4.78, 5) is 0.792. The van der Waals surface area contributed by atoms with E-state index < -0.39 is 10.8 Å². The lowest BCUT2D eigenvalue weighted by molar-refractivity contribution is 0.682. The first-order valence-electron chi connectivity index (χ1n) is 5.32. The van der Waals surface area contributed by atoms with Crippen LogP contribution in [0.1, 0.15) is 11.1 Å². The third kappa shape index (κ3) is 3.28. The molecule has 2 aromatic carbocycles. The number of nitrogens with zero attached hydrogens (tertiary/aromatic N) is 1. The Morgan fingerprint density at radius 1 is 1.17 bits per heavy atom. The van der Waals surface area contributed by atoms with Crippen LogP contribution in [0.3, 0.4) is 0 Å². The Morgan fingerprint density at radius 3 is 2.56 bits per heavy atom. The fraction of sp³-hybridized carbons (Fsp3) is 0.0714. The van der Waals surface area contributed by atoms with Crippen LogP contribution in [0.4, 0.5) is 0 Å². The molecule has 0 aromatic heterocycles. The Morgan fingerprint density at radius 2 is 1.89 bits per heavy atom. The summed E-state index contributed by atoms with van der Waals surface area (Å²) in [5.74, 6) is 0.428. The van der Waals surface area contributed by atoms with Crippen LogP contribution in [0.25, 0.3) is 0 Å². The molecule has 4 heteroatoms. The van der Waals surface area contributed by atoms with E-state index in [1.807, 2.05) is 36.4 Å². The van der Waals surface area contributed by atoms with E-state index in [1.165, 1.54) is 0 Å². The molecule has 0 bridgehead atoms. The zero-order chi connectivity index (χ0) is 13.0. The quantitative estimate of drug-likeness (QED) is 0.866. The van der Waals surface area contributed by atoms with Gasteiger partial charge in [0.25, 0.3) is 0 Å². The van der Waals surface area contributed by atoms with Gasteiger partial charge in [-0.2, -0.15) is 5.26 Å². The molecule has 0 saturated carbocycles. The second kappa shape index (κ2) is 5.94. The van der Waals surface area contributed by atoms with Gasteiger partial charge in [0, 0.05) is 9.37 Å². The van der Waals surface area contributed by atoms with Crippen molar-refractivity contribution in [2.75, 3.05) is 0 Å². The minimum absolute atomic E-state index is 0.428. The van der Waals surface area contributed by atoms with Gasteiger partial charge in [0.15, 0.2) is 0 Å². The molecule has 0 heterocycles. The molecule has 0 saturated heterocycles. The van der Waals surface area contributed by atoms with E-state index in [9.17, 15) is 4.21 Å². The molecule has 0 aliphatic heterocycles. The maximum atomic E-state index is 12.1. The van der Waals surface area contributed by atoms with Gasteiger partial charge in [-0.25, -0.2) is 0 Å². The highest BCUT2D eigenvalue weighted by molar-refractivity contribution is 9.10. The average molecular weight is 320 g/mol. The molecule has 2 nitrogen and oxygen atoms in total. The van der Waals surface area contributed by atoms with Crippen molar-refractivity contribution in [3.63, 3.8) is 0 Å². The zero-order valence-corrected chi connectivity index (χ0v) is 11.9. The summed E-state index contributed by atoms with van der Waals surface area (Å²) in [6.07, 6.45) is 0.